The predicted octanol–water partition coefficient (Wildman–Crippen LogP) is 3.94. The summed E-state index contributed by atoms with van der Waals surface area (Å²) in [5.74, 6) is 1.69. The van der Waals surface area contributed by atoms with Gasteiger partial charge in [-0.05, 0) is 25.0 Å². The molecule has 13 heavy (non-hydrogen) atoms. The van der Waals surface area contributed by atoms with E-state index in [4.69, 9.17) is 4.74 Å². The van der Waals surface area contributed by atoms with Crippen molar-refractivity contribution in [1.82, 2.24) is 0 Å². The van der Waals surface area contributed by atoms with Gasteiger partial charge in [0.25, 0.3) is 0 Å². The Morgan fingerprint density at radius 2 is 1.77 bits per heavy atom. The van der Waals surface area contributed by atoms with Crippen molar-refractivity contribution in [3.05, 3.63) is 36.6 Å². The molecule has 0 bridgehead atoms. The molecule has 0 saturated heterocycles. The zero-order valence-corrected chi connectivity index (χ0v) is 9.50. The lowest BCUT2D eigenvalue weighted by atomic mass is 10.3. The largest absolute Gasteiger partial charge is 0.497 e. The van der Waals surface area contributed by atoms with E-state index in [0.29, 0.717) is 0 Å². The van der Waals surface area contributed by atoms with Gasteiger partial charge in [0.05, 0.1) is 7.11 Å². The van der Waals surface area contributed by atoms with Crippen molar-refractivity contribution in [3.63, 3.8) is 0 Å². The topological polar surface area (TPSA) is 9.23 Å². The average molecular weight is 182 g/mol. The first-order chi connectivity index (χ1) is 6.08. The smallest absolute Gasteiger partial charge is 0.114 e. The number of methoxy groups -OCH3 is 1. The molecule has 0 amide bonds. The second kappa shape index (κ2) is 11.0. The number of ether oxygens (including phenoxy) is 1. The summed E-state index contributed by atoms with van der Waals surface area (Å²) in [6.07, 6.45) is 7.29. The minimum Gasteiger partial charge on any atom is -0.497 e. The van der Waals surface area contributed by atoms with Crippen LogP contribution in [0.15, 0.2) is 36.6 Å². The molecule has 0 aromatic carbocycles. The summed E-state index contributed by atoms with van der Waals surface area (Å²) in [7, 11) is 1.64. The van der Waals surface area contributed by atoms with Crippen LogP contribution in [0.3, 0.4) is 0 Å². The Hall–Kier alpha value is -0.980. The minimum absolute atomic E-state index is 0.833. The van der Waals surface area contributed by atoms with Crippen LogP contribution in [-0.2, 0) is 4.74 Å². The molecule has 0 heterocycles. The summed E-state index contributed by atoms with van der Waals surface area (Å²) in [5, 5.41) is 0. The quantitative estimate of drug-likeness (QED) is 0.474. The second-order valence-electron chi connectivity index (χ2n) is 3.22. The Morgan fingerprint density at radius 3 is 2.00 bits per heavy atom. The van der Waals surface area contributed by atoms with E-state index in [2.05, 4.69) is 27.4 Å². The van der Waals surface area contributed by atoms with Gasteiger partial charge in [-0.1, -0.05) is 39.5 Å². The molecule has 0 aromatic heterocycles. The highest BCUT2D eigenvalue weighted by Crippen LogP contribution is 1.95. The number of rotatable bonds is 3. The fourth-order valence-electron chi connectivity index (χ4n) is 0.445. The molecule has 1 nitrogen and oxygen atoms in total. The van der Waals surface area contributed by atoms with Crippen molar-refractivity contribution in [3.8, 4) is 0 Å². The van der Waals surface area contributed by atoms with E-state index < -0.39 is 0 Å². The standard InChI is InChI=1S/C8H12O.C4H10/c1-4-6-7-8(5-2)9-3;1-4(2)3/h4-7H,1H2,2-3H3;4H,1-3H3/b7-6-,8-5+;. The molecule has 0 aliphatic rings. The van der Waals surface area contributed by atoms with E-state index in [1.54, 1.807) is 13.2 Å². The van der Waals surface area contributed by atoms with E-state index in [1.165, 1.54) is 0 Å². The zero-order chi connectivity index (χ0) is 10.7. The first kappa shape index (κ1) is 14.5. The van der Waals surface area contributed by atoms with E-state index >= 15 is 0 Å². The van der Waals surface area contributed by atoms with Gasteiger partial charge in [0.15, 0.2) is 0 Å². The molecule has 0 radical (unpaired) electrons. The highest BCUT2D eigenvalue weighted by molar-refractivity contribution is 5.14. The lowest BCUT2D eigenvalue weighted by Gasteiger charge is -1.95. The van der Waals surface area contributed by atoms with Crippen molar-refractivity contribution in [2.24, 2.45) is 5.92 Å². The molecule has 0 spiro atoms. The monoisotopic (exact) mass is 182 g/mol. The molecule has 0 rings (SSSR count). The van der Waals surface area contributed by atoms with E-state index in [0.717, 1.165) is 11.7 Å². The molecule has 76 valence electrons. The second-order valence-corrected chi connectivity index (χ2v) is 3.22. The highest BCUT2D eigenvalue weighted by atomic mass is 16.5. The molecule has 1 heteroatoms. The summed E-state index contributed by atoms with van der Waals surface area (Å²) in [6.45, 7) is 12.0. The molecular formula is C12H22O. The molecule has 0 aliphatic carbocycles. The van der Waals surface area contributed by atoms with Crippen molar-refractivity contribution >= 4 is 0 Å². The van der Waals surface area contributed by atoms with Gasteiger partial charge in [-0.25, -0.2) is 0 Å². The van der Waals surface area contributed by atoms with Crippen LogP contribution in [0.4, 0.5) is 0 Å². The molecule has 0 aliphatic heterocycles. The summed E-state index contributed by atoms with van der Waals surface area (Å²) < 4.78 is 4.93. The average Bonchev–Trinajstić information content (AvgIpc) is 2.06. The third kappa shape index (κ3) is 18.2. The first-order valence-electron chi connectivity index (χ1n) is 4.57. The van der Waals surface area contributed by atoms with Crippen LogP contribution in [0.2, 0.25) is 0 Å². The Labute approximate surface area is 82.8 Å². The summed E-state index contributed by atoms with van der Waals surface area (Å²) >= 11 is 0. The van der Waals surface area contributed by atoms with Gasteiger partial charge in [0.1, 0.15) is 5.76 Å². The third-order valence-electron chi connectivity index (χ3n) is 0.917. The van der Waals surface area contributed by atoms with Crippen LogP contribution in [0, 0.1) is 5.92 Å². The Bertz CT molecular complexity index is 161. The van der Waals surface area contributed by atoms with Gasteiger partial charge in [-0.15, -0.1) is 0 Å². The van der Waals surface area contributed by atoms with Gasteiger partial charge in [-0.2, -0.15) is 0 Å². The normalized spacial score (nSPS) is 11.1. The number of allylic oxidation sites excluding steroid dienone is 4. The molecule has 0 atom stereocenters. The SMILES string of the molecule is C=C/C=C\C(=C/C)OC.CC(C)C. The summed E-state index contributed by atoms with van der Waals surface area (Å²) in [4.78, 5) is 0. The Balaban J connectivity index is 0. The van der Waals surface area contributed by atoms with Gasteiger partial charge in [0, 0.05) is 0 Å². The summed E-state index contributed by atoms with van der Waals surface area (Å²) in [5.41, 5.74) is 0. The maximum Gasteiger partial charge on any atom is 0.114 e. The Kier molecular flexibility index (Phi) is 12.3. The van der Waals surface area contributed by atoms with Crippen LogP contribution < -0.4 is 0 Å². The fraction of sp³-hybridized carbons (Fsp3) is 0.500. The maximum atomic E-state index is 4.93. The molecule has 0 fully saturated rings. The van der Waals surface area contributed by atoms with Crippen LogP contribution in [0.25, 0.3) is 0 Å². The van der Waals surface area contributed by atoms with E-state index in [1.807, 2.05) is 25.2 Å². The highest BCUT2D eigenvalue weighted by Gasteiger charge is 1.80. The van der Waals surface area contributed by atoms with Gasteiger partial charge in [0.2, 0.25) is 0 Å². The van der Waals surface area contributed by atoms with Crippen LogP contribution in [0.5, 0.6) is 0 Å². The van der Waals surface area contributed by atoms with Crippen LogP contribution in [0.1, 0.15) is 27.7 Å². The van der Waals surface area contributed by atoms with E-state index in [-0.39, 0.29) is 0 Å². The van der Waals surface area contributed by atoms with E-state index in [9.17, 15) is 0 Å². The van der Waals surface area contributed by atoms with Crippen LogP contribution in [-0.4, -0.2) is 7.11 Å². The Morgan fingerprint density at radius 1 is 1.31 bits per heavy atom. The van der Waals surface area contributed by atoms with Crippen LogP contribution >= 0.6 is 0 Å². The first-order valence-corrected chi connectivity index (χ1v) is 4.57. The molecule has 0 aromatic rings. The lowest BCUT2D eigenvalue weighted by Crippen LogP contribution is -1.77. The molecule has 0 unspecified atom stereocenters. The molecule has 0 saturated carbocycles. The molecular weight excluding hydrogens is 160 g/mol. The maximum absolute atomic E-state index is 4.93. The minimum atomic E-state index is 0.833. The van der Waals surface area contributed by atoms with Gasteiger partial charge >= 0.3 is 0 Å². The van der Waals surface area contributed by atoms with Gasteiger partial charge < -0.3 is 4.74 Å². The van der Waals surface area contributed by atoms with Crippen molar-refractivity contribution in [1.29, 1.82) is 0 Å². The summed E-state index contributed by atoms with van der Waals surface area (Å²) in [6, 6.07) is 0. The lowest BCUT2D eigenvalue weighted by molar-refractivity contribution is 0.306. The molecule has 0 N–H and O–H groups in total. The fourth-order valence-corrected chi connectivity index (χ4v) is 0.445. The van der Waals surface area contributed by atoms with Crippen molar-refractivity contribution in [2.45, 2.75) is 27.7 Å². The zero-order valence-electron chi connectivity index (χ0n) is 9.50. The number of hydrogen-bond donors (Lipinski definition) is 0. The van der Waals surface area contributed by atoms with Gasteiger partial charge in [-0.3, -0.25) is 0 Å². The number of hydrogen-bond acceptors (Lipinski definition) is 1. The third-order valence-corrected chi connectivity index (χ3v) is 0.917. The van der Waals surface area contributed by atoms with Crippen molar-refractivity contribution < 1.29 is 4.74 Å². The predicted molar refractivity (Wildman–Crippen MR) is 60.6 cm³/mol. The van der Waals surface area contributed by atoms with Crippen molar-refractivity contribution in [2.75, 3.05) is 7.11 Å².